The van der Waals surface area contributed by atoms with Crippen molar-refractivity contribution in [2.75, 3.05) is 14.2 Å². The largest absolute Gasteiger partial charge is 0.493 e. The van der Waals surface area contributed by atoms with Gasteiger partial charge in [-0.25, -0.2) is 0 Å². The molecule has 1 heterocycles. The maximum atomic E-state index is 5.39. The van der Waals surface area contributed by atoms with Gasteiger partial charge in [0.15, 0.2) is 16.2 Å². The lowest BCUT2D eigenvalue weighted by atomic mass is 10.2. The van der Waals surface area contributed by atoms with Crippen molar-refractivity contribution in [2.45, 2.75) is 0 Å². The minimum Gasteiger partial charge on any atom is -0.493 e. The van der Waals surface area contributed by atoms with Crippen LogP contribution in [0, 0.1) is 0 Å². The molecule has 0 spiro atoms. The predicted molar refractivity (Wildman–Crippen MR) is 57.0 cm³/mol. The highest BCUT2D eigenvalue weighted by Crippen LogP contribution is 2.34. The molecule has 0 aliphatic heterocycles. The van der Waals surface area contributed by atoms with Gasteiger partial charge in [0.25, 0.3) is 0 Å². The van der Waals surface area contributed by atoms with Gasteiger partial charge in [-0.1, -0.05) is 0 Å². The van der Waals surface area contributed by atoms with Gasteiger partial charge in [0.1, 0.15) is 5.58 Å². The Morgan fingerprint density at radius 3 is 2.36 bits per heavy atom. The van der Waals surface area contributed by atoms with Crippen LogP contribution in [0.25, 0.3) is 11.0 Å². The minimum atomic E-state index is 0.668. The molecule has 2 rings (SSSR count). The normalized spacial score (nSPS) is 10.5. The molecule has 0 radical (unpaired) electrons. The second kappa shape index (κ2) is 3.53. The summed E-state index contributed by atoms with van der Waals surface area (Å²) >= 11 is 3.27. The SMILES string of the molecule is COc1cc2cc(Br)oc2cc1OC. The number of furan rings is 1. The van der Waals surface area contributed by atoms with Gasteiger partial charge >= 0.3 is 0 Å². The summed E-state index contributed by atoms with van der Waals surface area (Å²) < 4.78 is 16.4. The van der Waals surface area contributed by atoms with Crippen LogP contribution in [0.3, 0.4) is 0 Å². The Morgan fingerprint density at radius 2 is 1.71 bits per heavy atom. The summed E-state index contributed by atoms with van der Waals surface area (Å²) in [4.78, 5) is 0. The fourth-order valence-corrected chi connectivity index (χ4v) is 1.76. The highest BCUT2D eigenvalue weighted by Gasteiger charge is 2.08. The number of hydrogen-bond acceptors (Lipinski definition) is 3. The second-order valence-corrected chi connectivity index (χ2v) is 3.58. The van der Waals surface area contributed by atoms with Gasteiger partial charge in [-0.2, -0.15) is 0 Å². The Kier molecular flexibility index (Phi) is 2.37. The van der Waals surface area contributed by atoms with Gasteiger partial charge in [-0.05, 0) is 28.1 Å². The Bertz CT molecular complexity index is 421. The molecule has 0 unspecified atom stereocenters. The zero-order valence-corrected chi connectivity index (χ0v) is 9.42. The lowest BCUT2D eigenvalue weighted by Crippen LogP contribution is -1.89. The van der Waals surface area contributed by atoms with Crippen LogP contribution in [0.4, 0.5) is 0 Å². The third kappa shape index (κ3) is 1.46. The van der Waals surface area contributed by atoms with Crippen molar-refractivity contribution >= 4 is 26.9 Å². The second-order valence-electron chi connectivity index (χ2n) is 2.80. The molecular formula is C10H9BrO3. The summed E-state index contributed by atoms with van der Waals surface area (Å²) in [5.74, 6) is 1.37. The number of methoxy groups -OCH3 is 2. The highest BCUT2D eigenvalue weighted by molar-refractivity contribution is 9.10. The van der Waals surface area contributed by atoms with E-state index in [4.69, 9.17) is 13.9 Å². The lowest BCUT2D eigenvalue weighted by molar-refractivity contribution is 0.355. The van der Waals surface area contributed by atoms with Crippen LogP contribution in [-0.4, -0.2) is 14.2 Å². The molecule has 0 amide bonds. The maximum Gasteiger partial charge on any atom is 0.170 e. The van der Waals surface area contributed by atoms with Crippen LogP contribution in [0.1, 0.15) is 0 Å². The van der Waals surface area contributed by atoms with E-state index >= 15 is 0 Å². The van der Waals surface area contributed by atoms with Gasteiger partial charge in [0.2, 0.25) is 0 Å². The van der Waals surface area contributed by atoms with Crippen LogP contribution in [0.15, 0.2) is 27.3 Å². The molecule has 4 heteroatoms. The smallest absolute Gasteiger partial charge is 0.170 e. The Balaban J connectivity index is 2.68. The summed E-state index contributed by atoms with van der Waals surface area (Å²) in [6.45, 7) is 0. The van der Waals surface area contributed by atoms with Crippen LogP contribution < -0.4 is 9.47 Å². The number of benzene rings is 1. The number of fused-ring (bicyclic) bond motifs is 1. The molecule has 14 heavy (non-hydrogen) atoms. The standard InChI is InChI=1S/C10H9BrO3/c1-12-8-3-6-4-10(11)14-7(6)5-9(8)13-2/h3-5H,1-2H3. The molecule has 0 atom stereocenters. The number of hydrogen-bond donors (Lipinski definition) is 0. The molecule has 3 nitrogen and oxygen atoms in total. The zero-order chi connectivity index (χ0) is 10.1. The first kappa shape index (κ1) is 9.40. The molecule has 74 valence electrons. The molecule has 2 aromatic rings. The summed E-state index contributed by atoms with van der Waals surface area (Å²) in [7, 11) is 3.21. The van der Waals surface area contributed by atoms with Crippen molar-refractivity contribution in [1.29, 1.82) is 0 Å². The summed E-state index contributed by atoms with van der Waals surface area (Å²) in [5.41, 5.74) is 0.773. The average molecular weight is 257 g/mol. The Labute approximate surface area is 89.7 Å². The first-order valence-corrected chi connectivity index (χ1v) is 4.85. The molecule has 0 N–H and O–H groups in total. The van der Waals surface area contributed by atoms with E-state index in [0.29, 0.717) is 16.2 Å². The number of halogens is 1. The van der Waals surface area contributed by atoms with Crippen LogP contribution in [0.2, 0.25) is 0 Å². The van der Waals surface area contributed by atoms with E-state index in [-0.39, 0.29) is 0 Å². The van der Waals surface area contributed by atoms with Gasteiger partial charge in [-0.3, -0.25) is 0 Å². The molecule has 1 aromatic heterocycles. The zero-order valence-electron chi connectivity index (χ0n) is 7.83. The van der Waals surface area contributed by atoms with E-state index in [1.165, 1.54) is 0 Å². The first-order chi connectivity index (χ1) is 6.74. The van der Waals surface area contributed by atoms with Gasteiger partial charge in [0, 0.05) is 11.5 Å². The van der Waals surface area contributed by atoms with Gasteiger partial charge < -0.3 is 13.9 Å². The monoisotopic (exact) mass is 256 g/mol. The maximum absolute atomic E-state index is 5.39. The van der Waals surface area contributed by atoms with Crippen molar-refractivity contribution in [3.8, 4) is 11.5 Å². The summed E-state index contributed by atoms with van der Waals surface area (Å²) in [6, 6.07) is 5.57. The fraction of sp³-hybridized carbons (Fsp3) is 0.200. The van der Waals surface area contributed by atoms with Crippen LogP contribution in [-0.2, 0) is 0 Å². The van der Waals surface area contributed by atoms with Gasteiger partial charge in [0.05, 0.1) is 14.2 Å². The summed E-state index contributed by atoms with van der Waals surface area (Å²) in [5, 5.41) is 0.981. The van der Waals surface area contributed by atoms with E-state index in [2.05, 4.69) is 15.9 Å². The van der Waals surface area contributed by atoms with Crippen molar-refractivity contribution in [1.82, 2.24) is 0 Å². The molecule has 0 aliphatic rings. The topological polar surface area (TPSA) is 31.6 Å². The molecule has 0 saturated carbocycles. The fourth-order valence-electron chi connectivity index (χ4n) is 1.33. The first-order valence-electron chi connectivity index (χ1n) is 4.05. The Hall–Kier alpha value is -1.16. The Morgan fingerprint density at radius 1 is 1.07 bits per heavy atom. The number of rotatable bonds is 2. The lowest BCUT2D eigenvalue weighted by Gasteiger charge is -2.05. The molecular weight excluding hydrogens is 248 g/mol. The van der Waals surface area contributed by atoms with E-state index in [1.54, 1.807) is 20.3 Å². The van der Waals surface area contributed by atoms with Crippen molar-refractivity contribution in [3.63, 3.8) is 0 Å². The van der Waals surface area contributed by atoms with E-state index in [0.717, 1.165) is 11.0 Å². The highest BCUT2D eigenvalue weighted by atomic mass is 79.9. The van der Waals surface area contributed by atoms with E-state index < -0.39 is 0 Å². The molecule has 0 bridgehead atoms. The molecule has 0 saturated heterocycles. The summed E-state index contributed by atoms with van der Waals surface area (Å²) in [6.07, 6.45) is 0. The quantitative estimate of drug-likeness (QED) is 0.827. The van der Waals surface area contributed by atoms with Crippen molar-refractivity contribution in [2.24, 2.45) is 0 Å². The minimum absolute atomic E-state index is 0.668. The molecule has 1 aromatic carbocycles. The van der Waals surface area contributed by atoms with Crippen molar-refractivity contribution in [3.05, 3.63) is 22.9 Å². The van der Waals surface area contributed by atoms with Crippen LogP contribution >= 0.6 is 15.9 Å². The predicted octanol–water partition coefficient (Wildman–Crippen LogP) is 3.21. The van der Waals surface area contributed by atoms with E-state index in [9.17, 15) is 0 Å². The average Bonchev–Trinajstić information content (AvgIpc) is 2.54. The van der Waals surface area contributed by atoms with E-state index in [1.807, 2.05) is 12.1 Å². The third-order valence-corrected chi connectivity index (χ3v) is 2.38. The van der Waals surface area contributed by atoms with Crippen molar-refractivity contribution < 1.29 is 13.9 Å². The van der Waals surface area contributed by atoms with Gasteiger partial charge in [-0.15, -0.1) is 0 Å². The molecule has 0 fully saturated rings. The third-order valence-electron chi connectivity index (χ3n) is 1.99. The molecule has 0 aliphatic carbocycles. The number of ether oxygens (including phenoxy) is 2. The van der Waals surface area contributed by atoms with Crippen LogP contribution in [0.5, 0.6) is 11.5 Å².